The summed E-state index contributed by atoms with van der Waals surface area (Å²) in [5, 5.41) is 22.0. The lowest BCUT2D eigenvalue weighted by atomic mass is 10.0. The zero-order valence-corrected chi connectivity index (χ0v) is 18.3. The molecule has 0 saturated carbocycles. The number of nitro benzene ring substituents is 1. The van der Waals surface area contributed by atoms with Crippen LogP contribution in [0.3, 0.4) is 0 Å². The van der Waals surface area contributed by atoms with Crippen molar-refractivity contribution in [2.75, 3.05) is 10.6 Å². The Labute approximate surface area is 198 Å². The van der Waals surface area contributed by atoms with Crippen molar-refractivity contribution in [1.82, 2.24) is 14.8 Å². The molecule has 0 spiro atoms. The van der Waals surface area contributed by atoms with Gasteiger partial charge in [0.2, 0.25) is 5.95 Å². The number of hydrogen-bond acceptors (Lipinski definition) is 6. The predicted octanol–water partition coefficient (Wildman–Crippen LogP) is 5.15. The van der Waals surface area contributed by atoms with Crippen molar-refractivity contribution < 1.29 is 9.72 Å². The van der Waals surface area contributed by atoms with Gasteiger partial charge >= 0.3 is 0 Å². The molecule has 0 fully saturated rings. The monoisotopic (exact) mass is 472 g/mol. The molecule has 1 aliphatic heterocycles. The molecular weight excluding hydrogens is 456 g/mol. The number of nitrogens with zero attached hydrogens (tertiary/aromatic N) is 4. The van der Waals surface area contributed by atoms with Crippen LogP contribution in [-0.4, -0.2) is 25.6 Å². The van der Waals surface area contributed by atoms with Gasteiger partial charge in [-0.1, -0.05) is 60.1 Å². The number of benzene rings is 3. The van der Waals surface area contributed by atoms with Crippen molar-refractivity contribution in [3.8, 4) is 0 Å². The lowest BCUT2D eigenvalue weighted by molar-refractivity contribution is -0.384. The number of aromatic nitrogens is 3. The number of carbonyl (C=O) groups is 1. The highest BCUT2D eigenvalue weighted by atomic mass is 35.5. The standard InChI is InChI=1S/C24H17ClN6O3/c25-18-11-9-16(10-12-18)21-14-20(15-5-2-1-3-6-15)26-24-28-23(29-30(21)24)27-22(32)17-7-4-8-19(13-17)31(33)34/h1-14,21H,(H2,26,27,28,29,32). The highest BCUT2D eigenvalue weighted by molar-refractivity contribution is 6.30. The molecule has 2 heterocycles. The third kappa shape index (κ3) is 4.24. The van der Waals surface area contributed by atoms with Gasteiger partial charge in [-0.15, -0.1) is 5.10 Å². The number of amides is 1. The molecule has 2 N–H and O–H groups in total. The first-order valence-electron chi connectivity index (χ1n) is 10.3. The Morgan fingerprint density at radius 2 is 1.82 bits per heavy atom. The number of hydrogen-bond donors (Lipinski definition) is 2. The van der Waals surface area contributed by atoms with Crippen LogP contribution in [-0.2, 0) is 0 Å². The number of anilines is 2. The smallest absolute Gasteiger partial charge is 0.270 e. The van der Waals surface area contributed by atoms with Crippen LogP contribution in [0.25, 0.3) is 5.70 Å². The Morgan fingerprint density at radius 3 is 2.56 bits per heavy atom. The molecule has 1 atom stereocenters. The number of nitro groups is 1. The van der Waals surface area contributed by atoms with Crippen molar-refractivity contribution in [3.05, 3.63) is 117 Å². The molecule has 0 bridgehead atoms. The second kappa shape index (κ2) is 8.80. The van der Waals surface area contributed by atoms with E-state index in [0.717, 1.165) is 16.8 Å². The third-order valence-corrected chi connectivity index (χ3v) is 5.56. The van der Waals surface area contributed by atoms with Gasteiger partial charge in [0, 0.05) is 28.4 Å². The number of non-ortho nitro benzene ring substituents is 1. The number of halogens is 1. The van der Waals surface area contributed by atoms with Crippen LogP contribution in [0.4, 0.5) is 17.6 Å². The molecule has 168 valence electrons. The molecule has 1 aromatic heterocycles. The molecule has 0 aliphatic carbocycles. The second-order valence-corrected chi connectivity index (χ2v) is 7.97. The van der Waals surface area contributed by atoms with Gasteiger partial charge in [0.25, 0.3) is 17.5 Å². The lowest BCUT2D eigenvalue weighted by Gasteiger charge is -2.24. The number of carbonyl (C=O) groups excluding carboxylic acids is 1. The summed E-state index contributed by atoms with van der Waals surface area (Å²) in [5.41, 5.74) is 2.70. The Hall–Kier alpha value is -4.50. The summed E-state index contributed by atoms with van der Waals surface area (Å²) in [6.45, 7) is 0. The zero-order valence-electron chi connectivity index (χ0n) is 17.6. The Morgan fingerprint density at radius 1 is 1.06 bits per heavy atom. The minimum atomic E-state index is -0.554. The van der Waals surface area contributed by atoms with Gasteiger partial charge in [-0.05, 0) is 35.4 Å². The van der Waals surface area contributed by atoms with E-state index < -0.39 is 10.8 Å². The number of rotatable bonds is 5. The average molecular weight is 473 g/mol. The van der Waals surface area contributed by atoms with Gasteiger partial charge in [0.1, 0.15) is 6.04 Å². The SMILES string of the molecule is O=C(Nc1nc2n(n1)C(c1ccc(Cl)cc1)C=C(c1ccccc1)N2)c1cccc([N+](=O)[O-])c1. The van der Waals surface area contributed by atoms with E-state index in [1.165, 1.54) is 24.3 Å². The fraction of sp³-hybridized carbons (Fsp3) is 0.0417. The van der Waals surface area contributed by atoms with Crippen LogP contribution in [0.15, 0.2) is 84.9 Å². The minimum absolute atomic E-state index is 0.0701. The van der Waals surface area contributed by atoms with Gasteiger partial charge in [-0.25, -0.2) is 4.68 Å². The van der Waals surface area contributed by atoms with E-state index in [9.17, 15) is 14.9 Å². The maximum atomic E-state index is 12.7. The minimum Gasteiger partial charge on any atom is -0.324 e. The molecule has 0 radical (unpaired) electrons. The number of nitrogens with one attached hydrogen (secondary N) is 2. The summed E-state index contributed by atoms with van der Waals surface area (Å²) in [6, 6.07) is 22.4. The normalized spacial score (nSPS) is 14.5. The second-order valence-electron chi connectivity index (χ2n) is 7.53. The van der Waals surface area contributed by atoms with Crippen molar-refractivity contribution in [2.45, 2.75) is 6.04 Å². The van der Waals surface area contributed by atoms with Crippen LogP contribution in [0.2, 0.25) is 5.02 Å². The molecule has 4 aromatic rings. The van der Waals surface area contributed by atoms with E-state index >= 15 is 0 Å². The molecule has 5 rings (SSSR count). The van der Waals surface area contributed by atoms with Gasteiger partial charge in [0.05, 0.1) is 4.92 Å². The van der Waals surface area contributed by atoms with Crippen molar-refractivity contribution in [3.63, 3.8) is 0 Å². The van der Waals surface area contributed by atoms with Crippen LogP contribution >= 0.6 is 11.6 Å². The quantitative estimate of drug-likeness (QED) is 0.306. The molecule has 0 saturated heterocycles. The van der Waals surface area contributed by atoms with Crippen molar-refractivity contribution in [1.29, 1.82) is 0 Å². The van der Waals surface area contributed by atoms with E-state index in [2.05, 4.69) is 20.7 Å². The summed E-state index contributed by atoms with van der Waals surface area (Å²) in [7, 11) is 0. The topological polar surface area (TPSA) is 115 Å². The predicted molar refractivity (Wildman–Crippen MR) is 129 cm³/mol. The third-order valence-electron chi connectivity index (χ3n) is 5.31. The van der Waals surface area contributed by atoms with Crippen LogP contribution in [0, 0.1) is 10.1 Å². The maximum absolute atomic E-state index is 12.7. The molecule has 1 unspecified atom stereocenters. The summed E-state index contributed by atoms with van der Waals surface area (Å²) >= 11 is 6.07. The summed E-state index contributed by atoms with van der Waals surface area (Å²) < 4.78 is 1.67. The average Bonchev–Trinajstić information content (AvgIpc) is 3.27. The van der Waals surface area contributed by atoms with Crippen LogP contribution < -0.4 is 10.6 Å². The van der Waals surface area contributed by atoms with Crippen LogP contribution in [0.5, 0.6) is 0 Å². The van der Waals surface area contributed by atoms with Crippen molar-refractivity contribution in [2.24, 2.45) is 0 Å². The molecule has 1 amide bonds. The highest BCUT2D eigenvalue weighted by Gasteiger charge is 2.26. The largest absolute Gasteiger partial charge is 0.324 e. The van der Waals surface area contributed by atoms with E-state index in [0.29, 0.717) is 11.0 Å². The Balaban J connectivity index is 1.49. The molecule has 9 nitrogen and oxygen atoms in total. The van der Waals surface area contributed by atoms with Gasteiger partial charge < -0.3 is 5.32 Å². The number of fused-ring (bicyclic) bond motifs is 1. The van der Waals surface area contributed by atoms with Gasteiger partial charge in [0.15, 0.2) is 0 Å². The van der Waals surface area contributed by atoms with Crippen LogP contribution in [0.1, 0.15) is 27.5 Å². The van der Waals surface area contributed by atoms with E-state index in [1.54, 1.807) is 16.8 Å². The lowest BCUT2D eigenvalue weighted by Crippen LogP contribution is -2.20. The first kappa shape index (κ1) is 21.4. The zero-order chi connectivity index (χ0) is 23.7. The summed E-state index contributed by atoms with van der Waals surface area (Å²) in [4.78, 5) is 27.6. The fourth-order valence-corrected chi connectivity index (χ4v) is 3.79. The fourth-order valence-electron chi connectivity index (χ4n) is 3.66. The first-order chi connectivity index (χ1) is 16.5. The summed E-state index contributed by atoms with van der Waals surface area (Å²) in [6.07, 6.45) is 2.02. The Kier molecular flexibility index (Phi) is 5.52. The molecule has 10 heteroatoms. The summed E-state index contributed by atoms with van der Waals surface area (Å²) in [5.74, 6) is -0.0396. The number of allylic oxidation sites excluding steroid dienone is 1. The van der Waals surface area contributed by atoms with Gasteiger partial charge in [-0.2, -0.15) is 4.98 Å². The molecular formula is C24H17ClN6O3. The first-order valence-corrected chi connectivity index (χ1v) is 10.7. The molecule has 1 aliphatic rings. The highest BCUT2D eigenvalue weighted by Crippen LogP contribution is 2.33. The molecule has 34 heavy (non-hydrogen) atoms. The van der Waals surface area contributed by atoms with E-state index in [-0.39, 0.29) is 23.2 Å². The van der Waals surface area contributed by atoms with Gasteiger partial charge in [-0.3, -0.25) is 20.2 Å². The maximum Gasteiger partial charge on any atom is 0.270 e. The van der Waals surface area contributed by atoms with E-state index in [4.69, 9.17) is 11.6 Å². The van der Waals surface area contributed by atoms with E-state index in [1.807, 2.05) is 48.5 Å². The Bertz CT molecular complexity index is 1420. The molecule has 3 aromatic carbocycles. The van der Waals surface area contributed by atoms with Crippen molar-refractivity contribution >= 4 is 40.8 Å².